The Morgan fingerprint density at radius 3 is 2.36 bits per heavy atom. The van der Waals surface area contributed by atoms with Crippen molar-refractivity contribution < 1.29 is 9.59 Å². The second-order valence-electron chi connectivity index (χ2n) is 4.34. The van der Waals surface area contributed by atoms with Crippen molar-refractivity contribution in [1.29, 1.82) is 0 Å². The van der Waals surface area contributed by atoms with Crippen LogP contribution in [0.3, 0.4) is 0 Å². The zero-order chi connectivity index (χ0) is 15.9. The van der Waals surface area contributed by atoms with Crippen molar-refractivity contribution in [3.8, 4) is 0 Å². The Morgan fingerprint density at radius 1 is 1.09 bits per heavy atom. The third-order valence-electron chi connectivity index (χ3n) is 2.81. The minimum Gasteiger partial charge on any atom is -0.273 e. The number of imide groups is 1. The summed E-state index contributed by atoms with van der Waals surface area (Å²) >= 11 is 3.38. The number of carbonyl (C=O) groups is 2. The Bertz CT molecular complexity index is 664. The van der Waals surface area contributed by atoms with Crippen LogP contribution in [0, 0.1) is 3.57 Å². The lowest BCUT2D eigenvalue weighted by molar-refractivity contribution is 0.0959. The number of benzene rings is 2. The molecule has 0 saturated carbocycles. The number of hydrogen-bond acceptors (Lipinski definition) is 3. The molecule has 0 fully saturated rings. The highest BCUT2D eigenvalue weighted by Gasteiger charge is 2.18. The number of hydrogen-bond donors (Lipinski definition) is 1. The quantitative estimate of drug-likeness (QED) is 0.590. The normalized spacial score (nSPS) is 10.1. The molecule has 4 nitrogen and oxygen atoms in total. The van der Waals surface area contributed by atoms with E-state index in [9.17, 15) is 9.59 Å². The van der Waals surface area contributed by atoms with Crippen LogP contribution in [0.1, 0.15) is 17.3 Å². The Hall–Kier alpha value is -1.54. The minimum atomic E-state index is -0.416. The van der Waals surface area contributed by atoms with E-state index < -0.39 is 6.03 Å². The molecule has 0 aliphatic heterocycles. The van der Waals surface area contributed by atoms with Crippen molar-refractivity contribution in [3.05, 3.63) is 63.7 Å². The van der Waals surface area contributed by atoms with E-state index in [2.05, 4.69) is 27.9 Å². The third-order valence-corrected chi connectivity index (χ3v) is 4.88. The Morgan fingerprint density at radius 2 is 1.73 bits per heavy atom. The first-order valence-electron chi connectivity index (χ1n) is 6.72. The van der Waals surface area contributed by atoms with Crippen LogP contribution in [0.2, 0.25) is 0 Å². The van der Waals surface area contributed by atoms with E-state index in [1.165, 1.54) is 16.3 Å². The highest BCUT2D eigenvalue weighted by Crippen LogP contribution is 2.22. The van der Waals surface area contributed by atoms with Crippen LogP contribution >= 0.6 is 34.5 Å². The average Bonchev–Trinajstić information content (AvgIpc) is 2.53. The molecule has 0 aliphatic carbocycles. The Kier molecular flexibility index (Phi) is 6.26. The summed E-state index contributed by atoms with van der Waals surface area (Å²) in [6, 6.07) is 16.3. The zero-order valence-electron chi connectivity index (χ0n) is 12.0. The molecular formula is C16H15IN2O2S. The lowest BCUT2D eigenvalue weighted by Gasteiger charge is -2.19. The predicted molar refractivity (Wildman–Crippen MR) is 96.7 cm³/mol. The van der Waals surface area contributed by atoms with E-state index in [-0.39, 0.29) is 5.91 Å². The molecule has 0 saturated heterocycles. The summed E-state index contributed by atoms with van der Waals surface area (Å²) in [6.45, 7) is 2.36. The molecule has 2 aromatic carbocycles. The molecule has 0 aliphatic rings. The van der Waals surface area contributed by atoms with E-state index >= 15 is 0 Å². The summed E-state index contributed by atoms with van der Waals surface area (Å²) in [4.78, 5) is 25.4. The first-order valence-corrected chi connectivity index (χ1v) is 8.57. The topological polar surface area (TPSA) is 49.4 Å². The standard InChI is InChI=1S/C16H15IN2O2S/c1-2-19(22-12-8-4-3-5-9-12)16(21)18-15(20)13-10-6-7-11-14(13)17/h3-11H,2H2,1H3,(H,18,20,21). The number of nitrogens with one attached hydrogen (secondary N) is 1. The monoisotopic (exact) mass is 426 g/mol. The fourth-order valence-electron chi connectivity index (χ4n) is 1.73. The molecule has 1 N–H and O–H groups in total. The molecule has 0 unspecified atom stereocenters. The Labute approximate surface area is 147 Å². The molecule has 114 valence electrons. The van der Waals surface area contributed by atoms with Gasteiger partial charge in [0.15, 0.2) is 0 Å². The largest absolute Gasteiger partial charge is 0.334 e. The number of amides is 3. The SMILES string of the molecule is CCN(Sc1ccccc1)C(=O)NC(=O)c1ccccc1I. The van der Waals surface area contributed by atoms with E-state index in [0.29, 0.717) is 12.1 Å². The second kappa shape index (κ2) is 8.19. The van der Waals surface area contributed by atoms with Gasteiger partial charge in [0.05, 0.1) is 5.56 Å². The van der Waals surface area contributed by atoms with Crippen molar-refractivity contribution in [3.63, 3.8) is 0 Å². The lowest BCUT2D eigenvalue weighted by atomic mass is 10.2. The lowest BCUT2D eigenvalue weighted by Crippen LogP contribution is -2.39. The maximum Gasteiger partial charge on any atom is 0.334 e. The van der Waals surface area contributed by atoms with Crippen molar-refractivity contribution >= 4 is 46.5 Å². The van der Waals surface area contributed by atoms with Crippen molar-refractivity contribution in [2.45, 2.75) is 11.8 Å². The van der Waals surface area contributed by atoms with Crippen LogP contribution in [-0.2, 0) is 0 Å². The van der Waals surface area contributed by atoms with Crippen LogP contribution < -0.4 is 5.32 Å². The first kappa shape index (κ1) is 16.8. The van der Waals surface area contributed by atoms with Crippen LogP contribution in [0.4, 0.5) is 4.79 Å². The van der Waals surface area contributed by atoms with E-state index in [0.717, 1.165) is 8.47 Å². The summed E-state index contributed by atoms with van der Waals surface area (Å²) in [7, 11) is 0. The molecule has 6 heteroatoms. The maximum absolute atomic E-state index is 12.2. The highest BCUT2D eigenvalue weighted by atomic mass is 127. The molecule has 0 radical (unpaired) electrons. The zero-order valence-corrected chi connectivity index (χ0v) is 14.9. The number of rotatable bonds is 4. The van der Waals surface area contributed by atoms with E-state index in [1.807, 2.05) is 49.4 Å². The van der Waals surface area contributed by atoms with Gasteiger partial charge in [-0.2, -0.15) is 0 Å². The number of carbonyl (C=O) groups excluding carboxylic acids is 2. The summed E-state index contributed by atoms with van der Waals surface area (Å²) in [5.41, 5.74) is 0.497. The smallest absolute Gasteiger partial charge is 0.273 e. The molecule has 0 bridgehead atoms. The molecule has 2 rings (SSSR count). The third kappa shape index (κ3) is 4.48. The molecule has 2 aromatic rings. The number of urea groups is 1. The Balaban J connectivity index is 2.03. The summed E-state index contributed by atoms with van der Waals surface area (Å²) < 4.78 is 2.33. The van der Waals surface area contributed by atoms with Gasteiger partial charge in [0, 0.05) is 15.0 Å². The molecule has 0 atom stereocenters. The molecule has 22 heavy (non-hydrogen) atoms. The van der Waals surface area contributed by atoms with E-state index in [1.54, 1.807) is 12.1 Å². The molecule has 3 amide bonds. The summed E-state index contributed by atoms with van der Waals surface area (Å²) in [5, 5.41) is 2.43. The van der Waals surface area contributed by atoms with Crippen molar-refractivity contribution in [1.82, 2.24) is 9.62 Å². The average molecular weight is 426 g/mol. The molecule has 0 spiro atoms. The number of halogens is 1. The molecule has 0 heterocycles. The van der Waals surface area contributed by atoms with Crippen molar-refractivity contribution in [2.24, 2.45) is 0 Å². The molecule has 0 aromatic heterocycles. The maximum atomic E-state index is 12.2. The van der Waals surface area contributed by atoms with Gasteiger partial charge in [0.2, 0.25) is 0 Å². The second-order valence-corrected chi connectivity index (χ2v) is 6.60. The van der Waals surface area contributed by atoms with Gasteiger partial charge in [-0.05, 0) is 65.7 Å². The van der Waals surface area contributed by atoms with Crippen LogP contribution in [0.25, 0.3) is 0 Å². The van der Waals surface area contributed by atoms with Gasteiger partial charge in [-0.25, -0.2) is 4.79 Å². The predicted octanol–water partition coefficient (Wildman–Crippen LogP) is 4.17. The minimum absolute atomic E-state index is 0.387. The van der Waals surface area contributed by atoms with Gasteiger partial charge in [0.25, 0.3) is 5.91 Å². The molecular weight excluding hydrogens is 411 g/mol. The number of nitrogens with zero attached hydrogens (tertiary/aromatic N) is 1. The fraction of sp³-hybridized carbons (Fsp3) is 0.125. The summed E-state index contributed by atoms with van der Waals surface area (Å²) in [6.07, 6.45) is 0. The highest BCUT2D eigenvalue weighted by molar-refractivity contribution is 14.1. The van der Waals surface area contributed by atoms with Gasteiger partial charge >= 0.3 is 6.03 Å². The van der Waals surface area contributed by atoms with Gasteiger partial charge in [-0.3, -0.25) is 14.4 Å². The van der Waals surface area contributed by atoms with Gasteiger partial charge in [-0.15, -0.1) is 0 Å². The van der Waals surface area contributed by atoms with Gasteiger partial charge in [0.1, 0.15) is 0 Å². The summed E-state index contributed by atoms with van der Waals surface area (Å²) in [5.74, 6) is -0.387. The van der Waals surface area contributed by atoms with Crippen molar-refractivity contribution in [2.75, 3.05) is 6.54 Å². The van der Waals surface area contributed by atoms with Gasteiger partial charge in [-0.1, -0.05) is 30.3 Å². The van der Waals surface area contributed by atoms with Gasteiger partial charge < -0.3 is 0 Å². The van der Waals surface area contributed by atoms with E-state index in [4.69, 9.17) is 0 Å². The fourth-order valence-corrected chi connectivity index (χ4v) is 3.15. The van der Waals surface area contributed by atoms with Crippen LogP contribution in [0.15, 0.2) is 59.5 Å². The first-order chi connectivity index (χ1) is 10.6. The van der Waals surface area contributed by atoms with Crippen LogP contribution in [0.5, 0.6) is 0 Å². The van der Waals surface area contributed by atoms with Crippen LogP contribution in [-0.4, -0.2) is 22.8 Å².